The number of hydrogen-bond donors (Lipinski definition) is 2. The summed E-state index contributed by atoms with van der Waals surface area (Å²) in [6.07, 6.45) is 0. The molecule has 5 heteroatoms. The second-order valence-corrected chi connectivity index (χ2v) is 2.73. The average Bonchev–Trinajstić information content (AvgIpc) is 2.07. The topological polar surface area (TPSA) is 63.8 Å². The number of carbonyl (C=O) groups excluding carboxylic acids is 1. The zero-order chi connectivity index (χ0) is 8.59. The van der Waals surface area contributed by atoms with Crippen molar-refractivity contribution in [3.05, 3.63) is 15.9 Å². The first-order chi connectivity index (χ1) is 5.04. The molecule has 0 aromatic carbocycles. The maximum absolute atomic E-state index is 10.8. The second kappa shape index (κ2) is 2.50. The number of nitrogens with zero attached hydrogens (tertiary/aromatic N) is 1. The zero-order valence-electron chi connectivity index (χ0n) is 6.34. The Balaban J connectivity index is 3.47. The second-order valence-electron chi connectivity index (χ2n) is 2.34. The highest BCUT2D eigenvalue weighted by atomic mass is 32.1. The molecule has 3 N–H and O–H groups in total. The lowest BCUT2D eigenvalue weighted by Crippen LogP contribution is -2.11. The zero-order valence-corrected chi connectivity index (χ0v) is 7.16. The molecular weight excluding hydrogens is 162 g/mol. The van der Waals surface area contributed by atoms with Gasteiger partial charge >= 0.3 is 0 Å². The number of nitrogens with one attached hydrogen (secondary N) is 1. The van der Waals surface area contributed by atoms with Gasteiger partial charge in [-0.15, -0.1) is 0 Å². The van der Waals surface area contributed by atoms with Crippen LogP contribution in [0.1, 0.15) is 16.1 Å². The van der Waals surface area contributed by atoms with Gasteiger partial charge in [-0.05, 0) is 6.92 Å². The van der Waals surface area contributed by atoms with Crippen molar-refractivity contribution in [2.45, 2.75) is 6.92 Å². The summed E-state index contributed by atoms with van der Waals surface area (Å²) < 4.78 is 2.04. The molecule has 0 bridgehead atoms. The van der Waals surface area contributed by atoms with E-state index in [-0.39, 0.29) is 0 Å². The van der Waals surface area contributed by atoms with E-state index in [9.17, 15) is 4.79 Å². The molecule has 0 unspecified atom stereocenters. The van der Waals surface area contributed by atoms with Gasteiger partial charge in [-0.25, -0.2) is 0 Å². The summed E-state index contributed by atoms with van der Waals surface area (Å²) in [7, 11) is 1.74. The molecule has 1 heterocycles. The molecule has 1 aromatic heterocycles. The number of amides is 1. The van der Waals surface area contributed by atoms with Crippen molar-refractivity contribution in [2.75, 3.05) is 0 Å². The molecule has 0 radical (unpaired) electrons. The minimum absolute atomic E-state index is 0.405. The molecule has 1 rings (SSSR count). The molecule has 0 aliphatic heterocycles. The molecular formula is C6H9N3OS. The van der Waals surface area contributed by atoms with Crippen molar-refractivity contribution in [1.29, 1.82) is 0 Å². The van der Waals surface area contributed by atoms with Crippen molar-refractivity contribution in [2.24, 2.45) is 12.8 Å². The Morgan fingerprint density at radius 1 is 1.73 bits per heavy atom. The molecule has 1 aromatic rings. The Labute approximate surface area is 69.0 Å². The Hall–Kier alpha value is -1.10. The van der Waals surface area contributed by atoms with Crippen LogP contribution < -0.4 is 5.73 Å². The molecule has 0 saturated heterocycles. The first-order valence-corrected chi connectivity index (χ1v) is 3.50. The van der Waals surface area contributed by atoms with Gasteiger partial charge in [-0.2, -0.15) is 0 Å². The van der Waals surface area contributed by atoms with Crippen LogP contribution in [-0.4, -0.2) is 15.7 Å². The van der Waals surface area contributed by atoms with E-state index in [1.165, 1.54) is 0 Å². The van der Waals surface area contributed by atoms with Crippen molar-refractivity contribution < 1.29 is 4.79 Å². The van der Waals surface area contributed by atoms with Gasteiger partial charge in [0.05, 0.1) is 5.56 Å². The predicted molar refractivity (Wildman–Crippen MR) is 43.9 cm³/mol. The number of nitrogens with two attached hydrogens (primary N) is 1. The Kier molecular flexibility index (Phi) is 1.82. The van der Waals surface area contributed by atoms with E-state index in [0.717, 1.165) is 0 Å². The van der Waals surface area contributed by atoms with Crippen molar-refractivity contribution in [3.8, 4) is 0 Å². The fourth-order valence-corrected chi connectivity index (χ4v) is 1.28. The lowest BCUT2D eigenvalue weighted by molar-refractivity contribution is 0.0999. The Morgan fingerprint density at radius 2 is 2.27 bits per heavy atom. The number of aryl methyl sites for hydroxylation is 2. The Morgan fingerprint density at radius 3 is 2.45 bits per heavy atom. The van der Waals surface area contributed by atoms with Crippen LogP contribution >= 0.6 is 12.2 Å². The average molecular weight is 171 g/mol. The van der Waals surface area contributed by atoms with E-state index in [1.54, 1.807) is 18.7 Å². The fraction of sp³-hybridized carbons (Fsp3) is 0.333. The highest BCUT2D eigenvalue weighted by Gasteiger charge is 2.10. The molecule has 0 fully saturated rings. The first-order valence-electron chi connectivity index (χ1n) is 3.09. The quantitative estimate of drug-likeness (QED) is 0.604. The SMILES string of the molecule is Cc1[nH]n(C)c(=S)c1C(N)=O. The van der Waals surface area contributed by atoms with Gasteiger partial charge in [0.2, 0.25) is 0 Å². The van der Waals surface area contributed by atoms with Crippen LogP contribution in [0.15, 0.2) is 0 Å². The van der Waals surface area contributed by atoms with Crippen LogP contribution in [0.4, 0.5) is 0 Å². The number of hydrogen-bond acceptors (Lipinski definition) is 2. The van der Waals surface area contributed by atoms with Crippen LogP contribution in [0.3, 0.4) is 0 Å². The van der Waals surface area contributed by atoms with Crippen LogP contribution in [-0.2, 0) is 7.05 Å². The number of H-pyrrole nitrogens is 1. The summed E-state index contributed by atoms with van der Waals surface area (Å²) >= 11 is 4.92. The van der Waals surface area contributed by atoms with Gasteiger partial charge in [-0.1, -0.05) is 12.2 Å². The lowest BCUT2D eigenvalue weighted by Gasteiger charge is -1.87. The van der Waals surface area contributed by atoms with E-state index in [2.05, 4.69) is 5.10 Å². The largest absolute Gasteiger partial charge is 0.365 e. The van der Waals surface area contributed by atoms with E-state index < -0.39 is 5.91 Å². The highest BCUT2D eigenvalue weighted by molar-refractivity contribution is 7.71. The van der Waals surface area contributed by atoms with Crippen molar-refractivity contribution in [3.63, 3.8) is 0 Å². The van der Waals surface area contributed by atoms with E-state index in [1.807, 2.05) is 0 Å². The van der Waals surface area contributed by atoms with Gasteiger partial charge in [0, 0.05) is 12.7 Å². The molecule has 60 valence electrons. The van der Waals surface area contributed by atoms with Gasteiger partial charge < -0.3 is 10.8 Å². The molecule has 0 aliphatic rings. The van der Waals surface area contributed by atoms with Gasteiger partial charge in [-0.3, -0.25) is 9.48 Å². The summed E-state index contributed by atoms with van der Waals surface area (Å²) in [6, 6.07) is 0. The normalized spacial score (nSPS) is 10.0. The van der Waals surface area contributed by atoms with Crippen molar-refractivity contribution in [1.82, 2.24) is 9.78 Å². The van der Waals surface area contributed by atoms with Gasteiger partial charge in [0.25, 0.3) is 5.91 Å². The Bertz CT molecular complexity index is 349. The summed E-state index contributed by atoms with van der Waals surface area (Å²) in [6.45, 7) is 1.76. The first kappa shape index (κ1) is 8.00. The van der Waals surface area contributed by atoms with Gasteiger partial charge in [0.15, 0.2) is 0 Å². The molecule has 0 spiro atoms. The minimum Gasteiger partial charge on any atom is -0.365 e. The van der Waals surface area contributed by atoms with Crippen LogP contribution in [0.5, 0.6) is 0 Å². The number of primary amides is 1. The van der Waals surface area contributed by atoms with E-state index in [4.69, 9.17) is 18.0 Å². The molecule has 1 amide bonds. The predicted octanol–water partition coefficient (Wildman–Crippen LogP) is 0.490. The summed E-state index contributed by atoms with van der Waals surface area (Å²) in [4.78, 5) is 10.8. The van der Waals surface area contributed by atoms with E-state index in [0.29, 0.717) is 15.9 Å². The summed E-state index contributed by atoms with van der Waals surface area (Å²) in [5, 5.41) is 2.87. The number of aromatic nitrogens is 2. The standard InChI is InChI=1S/C6H9N3OS/c1-3-4(5(7)10)6(11)9(2)8-3/h8H,1-2H3,(H2,7,10). The fourth-order valence-electron chi connectivity index (χ4n) is 0.977. The van der Waals surface area contributed by atoms with Crippen LogP contribution in [0.25, 0.3) is 0 Å². The number of rotatable bonds is 1. The third-order valence-electron chi connectivity index (χ3n) is 1.48. The molecule has 4 nitrogen and oxygen atoms in total. The lowest BCUT2D eigenvalue weighted by atomic mass is 10.2. The third-order valence-corrected chi connectivity index (χ3v) is 1.95. The summed E-state index contributed by atoms with van der Waals surface area (Å²) in [5.74, 6) is -0.482. The minimum atomic E-state index is -0.482. The third kappa shape index (κ3) is 1.19. The molecule has 0 saturated carbocycles. The molecule has 0 aliphatic carbocycles. The monoisotopic (exact) mass is 171 g/mol. The molecule has 11 heavy (non-hydrogen) atoms. The summed E-state index contributed by atoms with van der Waals surface area (Å²) in [5.41, 5.74) is 6.21. The van der Waals surface area contributed by atoms with E-state index >= 15 is 0 Å². The van der Waals surface area contributed by atoms with Crippen molar-refractivity contribution >= 4 is 18.1 Å². The number of carbonyl (C=O) groups is 1. The van der Waals surface area contributed by atoms with Gasteiger partial charge in [0.1, 0.15) is 4.64 Å². The maximum atomic E-state index is 10.8. The van der Waals surface area contributed by atoms with Crippen LogP contribution in [0, 0.1) is 11.6 Å². The van der Waals surface area contributed by atoms with Crippen LogP contribution in [0.2, 0.25) is 0 Å². The molecule has 0 atom stereocenters. The highest BCUT2D eigenvalue weighted by Crippen LogP contribution is 2.05. The smallest absolute Gasteiger partial charge is 0.253 e. The maximum Gasteiger partial charge on any atom is 0.253 e. The number of aromatic amines is 1.